The predicted octanol–water partition coefficient (Wildman–Crippen LogP) is 9.42. The molecule has 0 bridgehead atoms. The maximum absolute atomic E-state index is 10.1. The minimum atomic E-state index is 0.687. The van der Waals surface area contributed by atoms with Gasteiger partial charge in [0.1, 0.15) is 0 Å². The van der Waals surface area contributed by atoms with Crippen LogP contribution in [0, 0.1) is 22.7 Å². The van der Waals surface area contributed by atoms with Crippen LogP contribution in [0.4, 0.5) is 22.7 Å². The molecule has 0 atom stereocenters. The third kappa shape index (κ3) is 3.59. The molecule has 6 aromatic rings. The van der Waals surface area contributed by atoms with Crippen LogP contribution >= 0.6 is 0 Å². The van der Waals surface area contributed by atoms with E-state index in [1.54, 1.807) is 0 Å². The number of benzene rings is 6. The molecule has 1 heterocycles. The molecular formula is C38H26N4. The van der Waals surface area contributed by atoms with Crippen LogP contribution in [0.3, 0.4) is 0 Å². The van der Waals surface area contributed by atoms with E-state index < -0.39 is 0 Å². The SMILES string of the molecule is N#CC1=C(N(c2ccccc2)c2ccc3ccc4c(N5CCc6ccc(C#N)cc65)ccc5ccc2c3c54)C=CCC1. The van der Waals surface area contributed by atoms with Crippen LogP contribution in [0.5, 0.6) is 0 Å². The molecule has 8 rings (SSSR count). The van der Waals surface area contributed by atoms with Crippen molar-refractivity contribution in [2.24, 2.45) is 0 Å². The summed E-state index contributed by atoms with van der Waals surface area (Å²) in [5.74, 6) is 0. The van der Waals surface area contributed by atoms with E-state index in [9.17, 15) is 10.5 Å². The first-order chi connectivity index (χ1) is 20.7. The fourth-order valence-corrected chi connectivity index (χ4v) is 6.86. The lowest BCUT2D eigenvalue weighted by atomic mass is 9.91. The molecule has 198 valence electrons. The summed E-state index contributed by atoms with van der Waals surface area (Å²) in [6.07, 6.45) is 6.85. The lowest BCUT2D eigenvalue weighted by Gasteiger charge is -2.30. The summed E-state index contributed by atoms with van der Waals surface area (Å²) < 4.78 is 0. The Kier molecular flexibility index (Phi) is 5.49. The molecule has 0 saturated carbocycles. The number of hydrogen-bond acceptors (Lipinski definition) is 4. The highest BCUT2D eigenvalue weighted by molar-refractivity contribution is 6.27. The molecule has 0 unspecified atom stereocenters. The molecule has 1 aliphatic carbocycles. The van der Waals surface area contributed by atoms with Crippen molar-refractivity contribution < 1.29 is 0 Å². The van der Waals surface area contributed by atoms with Gasteiger partial charge in [-0.25, -0.2) is 0 Å². The van der Waals surface area contributed by atoms with Crippen molar-refractivity contribution in [3.8, 4) is 12.1 Å². The summed E-state index contributed by atoms with van der Waals surface area (Å²) >= 11 is 0. The van der Waals surface area contributed by atoms with Gasteiger partial charge >= 0.3 is 0 Å². The monoisotopic (exact) mass is 538 g/mol. The number of para-hydroxylation sites is 1. The van der Waals surface area contributed by atoms with E-state index in [2.05, 4.69) is 113 Å². The summed E-state index contributed by atoms with van der Waals surface area (Å²) in [4.78, 5) is 4.62. The Bertz CT molecular complexity index is 2180. The Balaban J connectivity index is 1.39. The highest BCUT2D eigenvalue weighted by Gasteiger charge is 2.25. The Morgan fingerprint density at radius 3 is 2.26 bits per heavy atom. The minimum Gasteiger partial charge on any atom is -0.340 e. The first-order valence-electron chi connectivity index (χ1n) is 14.4. The van der Waals surface area contributed by atoms with Gasteiger partial charge in [-0.1, -0.05) is 66.7 Å². The van der Waals surface area contributed by atoms with Gasteiger partial charge in [-0.2, -0.15) is 10.5 Å². The molecule has 0 aromatic heterocycles. The molecule has 6 aromatic carbocycles. The highest BCUT2D eigenvalue weighted by Crippen LogP contribution is 2.46. The topological polar surface area (TPSA) is 54.1 Å². The highest BCUT2D eigenvalue weighted by atomic mass is 15.2. The molecule has 0 spiro atoms. The molecule has 0 amide bonds. The Hall–Kier alpha value is -5.58. The van der Waals surface area contributed by atoms with Gasteiger partial charge in [-0.3, -0.25) is 0 Å². The van der Waals surface area contributed by atoms with Crippen LogP contribution in [0.15, 0.2) is 120 Å². The summed E-state index contributed by atoms with van der Waals surface area (Å²) in [5, 5.41) is 26.9. The van der Waals surface area contributed by atoms with E-state index in [-0.39, 0.29) is 0 Å². The van der Waals surface area contributed by atoms with Crippen molar-refractivity contribution in [3.63, 3.8) is 0 Å². The molecule has 4 nitrogen and oxygen atoms in total. The number of anilines is 4. The third-order valence-electron chi connectivity index (χ3n) is 8.80. The van der Waals surface area contributed by atoms with E-state index >= 15 is 0 Å². The van der Waals surface area contributed by atoms with Gasteiger partial charge in [-0.15, -0.1) is 0 Å². The van der Waals surface area contributed by atoms with Gasteiger partial charge < -0.3 is 9.80 Å². The van der Waals surface area contributed by atoms with Crippen LogP contribution in [0.2, 0.25) is 0 Å². The molecule has 0 radical (unpaired) electrons. The number of rotatable bonds is 4. The average Bonchev–Trinajstić information content (AvgIpc) is 3.48. The van der Waals surface area contributed by atoms with Crippen LogP contribution in [0.1, 0.15) is 24.0 Å². The van der Waals surface area contributed by atoms with Crippen molar-refractivity contribution in [1.29, 1.82) is 10.5 Å². The normalized spacial score (nSPS) is 14.5. The molecule has 4 heteroatoms. The second kappa shape index (κ2) is 9.51. The zero-order chi connectivity index (χ0) is 28.2. The van der Waals surface area contributed by atoms with Gasteiger partial charge in [0.05, 0.1) is 34.7 Å². The summed E-state index contributed by atoms with van der Waals surface area (Å²) in [5.41, 5.74) is 8.10. The Labute approximate surface area is 244 Å². The van der Waals surface area contributed by atoms with Gasteiger partial charge in [0.25, 0.3) is 0 Å². The van der Waals surface area contributed by atoms with Crippen molar-refractivity contribution >= 4 is 55.1 Å². The first-order valence-corrected chi connectivity index (χ1v) is 14.4. The Morgan fingerprint density at radius 2 is 1.45 bits per heavy atom. The van der Waals surface area contributed by atoms with Gasteiger partial charge in [0, 0.05) is 34.4 Å². The van der Waals surface area contributed by atoms with Crippen LogP contribution in [-0.4, -0.2) is 6.54 Å². The molecule has 42 heavy (non-hydrogen) atoms. The minimum absolute atomic E-state index is 0.687. The molecule has 0 saturated heterocycles. The lowest BCUT2D eigenvalue weighted by molar-refractivity contribution is 0.956. The second-order valence-electron chi connectivity index (χ2n) is 11.0. The lowest BCUT2D eigenvalue weighted by Crippen LogP contribution is -2.18. The molecular weight excluding hydrogens is 512 g/mol. The largest absolute Gasteiger partial charge is 0.340 e. The second-order valence-corrected chi connectivity index (χ2v) is 11.0. The van der Waals surface area contributed by atoms with E-state index in [4.69, 9.17) is 0 Å². The summed E-state index contributed by atoms with van der Waals surface area (Å²) in [6.45, 7) is 0.888. The standard InChI is InChI=1S/C38H26N4/c39-23-25-10-11-26-20-21-41(36(26)22-25)34-18-14-27-13-17-32-35(19-15-28-12-16-31(34)37(27)38(28)32)42(30-7-2-1-3-8-30)33-9-5-4-6-29(33)24-40/h1-3,5,7-19,22H,4,6,20-21H2. The number of nitrogens with zero attached hydrogens (tertiary/aromatic N) is 4. The number of nitriles is 2. The van der Waals surface area contributed by atoms with Crippen LogP contribution in [0.25, 0.3) is 32.3 Å². The van der Waals surface area contributed by atoms with E-state index in [1.165, 1.54) is 38.2 Å². The number of hydrogen-bond donors (Lipinski definition) is 0. The van der Waals surface area contributed by atoms with Crippen molar-refractivity contribution in [1.82, 2.24) is 0 Å². The molecule has 0 N–H and O–H groups in total. The first kappa shape index (κ1) is 24.2. The predicted molar refractivity (Wildman–Crippen MR) is 172 cm³/mol. The van der Waals surface area contributed by atoms with E-state index in [0.29, 0.717) is 5.56 Å². The average molecular weight is 539 g/mol. The number of fused-ring (bicyclic) bond motifs is 1. The van der Waals surface area contributed by atoms with Gasteiger partial charge in [0.2, 0.25) is 0 Å². The quantitative estimate of drug-likeness (QED) is 0.210. The van der Waals surface area contributed by atoms with Gasteiger partial charge in [-0.05, 0) is 88.8 Å². The fourth-order valence-electron chi connectivity index (χ4n) is 6.86. The van der Waals surface area contributed by atoms with E-state index in [1.807, 2.05) is 18.2 Å². The van der Waals surface area contributed by atoms with Crippen molar-refractivity contribution in [2.45, 2.75) is 19.3 Å². The zero-order valence-corrected chi connectivity index (χ0v) is 23.0. The Morgan fingerprint density at radius 1 is 0.690 bits per heavy atom. The van der Waals surface area contributed by atoms with Gasteiger partial charge in [0.15, 0.2) is 0 Å². The van der Waals surface area contributed by atoms with E-state index in [0.717, 1.165) is 59.5 Å². The zero-order valence-electron chi connectivity index (χ0n) is 23.0. The summed E-state index contributed by atoms with van der Waals surface area (Å²) in [7, 11) is 0. The molecule has 2 aliphatic rings. The van der Waals surface area contributed by atoms with Crippen molar-refractivity contribution in [2.75, 3.05) is 16.3 Å². The van der Waals surface area contributed by atoms with Crippen molar-refractivity contribution in [3.05, 3.63) is 132 Å². The van der Waals surface area contributed by atoms with Crippen LogP contribution < -0.4 is 9.80 Å². The maximum Gasteiger partial charge on any atom is 0.0992 e. The molecule has 0 fully saturated rings. The summed E-state index contributed by atoms with van der Waals surface area (Å²) in [6, 6.07) is 39.0. The maximum atomic E-state index is 10.1. The molecule has 1 aliphatic heterocycles. The number of allylic oxidation sites excluding steroid dienone is 3. The third-order valence-corrected chi connectivity index (χ3v) is 8.80. The smallest absolute Gasteiger partial charge is 0.0992 e. The fraction of sp³-hybridized carbons (Fsp3) is 0.105. The van der Waals surface area contributed by atoms with Crippen LogP contribution in [-0.2, 0) is 6.42 Å².